The zero-order valence-electron chi connectivity index (χ0n) is 11.8. The third kappa shape index (κ3) is 2.88. The molecule has 0 radical (unpaired) electrons. The predicted octanol–water partition coefficient (Wildman–Crippen LogP) is 2.63. The predicted molar refractivity (Wildman–Crippen MR) is 71.1 cm³/mol. The normalized spacial score (nSPS) is 17.1. The molecule has 0 amide bonds. The molecule has 0 unspecified atom stereocenters. The van der Waals surface area contributed by atoms with Gasteiger partial charge in [-0.15, -0.1) is 0 Å². The van der Waals surface area contributed by atoms with Gasteiger partial charge in [0.25, 0.3) is 0 Å². The van der Waals surface area contributed by atoms with Gasteiger partial charge in [0, 0.05) is 0 Å². The van der Waals surface area contributed by atoms with Crippen molar-refractivity contribution in [2.24, 2.45) is 0 Å². The van der Waals surface area contributed by atoms with Gasteiger partial charge in [0.15, 0.2) is 0 Å². The van der Waals surface area contributed by atoms with Crippen LogP contribution < -0.4 is 3.07 Å². The zero-order chi connectivity index (χ0) is 13.2. The first kappa shape index (κ1) is 13.6. The molecule has 0 spiro atoms. The summed E-state index contributed by atoms with van der Waals surface area (Å²) in [6.07, 6.45) is 10.2. The Balaban J connectivity index is 2.03. The van der Waals surface area contributed by atoms with Crippen molar-refractivity contribution in [3.8, 4) is 0 Å². The number of hydrogen-bond acceptors (Lipinski definition) is 2. The Bertz CT molecular complexity index is 474. The summed E-state index contributed by atoms with van der Waals surface area (Å²) in [4.78, 5) is 11.2. The second kappa shape index (κ2) is 5.95. The van der Waals surface area contributed by atoms with E-state index < -0.39 is 25.0 Å². The van der Waals surface area contributed by atoms with Crippen LogP contribution in [0.1, 0.15) is 54.9 Å². The van der Waals surface area contributed by atoms with Gasteiger partial charge in [0.2, 0.25) is 0 Å². The molecule has 2 aliphatic rings. The first-order chi connectivity index (χ1) is 9.25. The minimum absolute atomic E-state index is 0.0698. The molecule has 2 aliphatic carbocycles. The SMILES string of the molecule is CC(=O)[O][Hg][c]1c2c(cc3c1CCCC3)CCCC2. The van der Waals surface area contributed by atoms with Gasteiger partial charge in [-0.1, -0.05) is 0 Å². The summed E-state index contributed by atoms with van der Waals surface area (Å²) in [7, 11) is 0. The topological polar surface area (TPSA) is 26.3 Å². The van der Waals surface area contributed by atoms with Gasteiger partial charge >= 0.3 is 128 Å². The van der Waals surface area contributed by atoms with Gasteiger partial charge in [0.1, 0.15) is 0 Å². The van der Waals surface area contributed by atoms with E-state index in [1.807, 2.05) is 0 Å². The average molecular weight is 445 g/mol. The van der Waals surface area contributed by atoms with E-state index in [4.69, 9.17) is 2.64 Å². The van der Waals surface area contributed by atoms with E-state index in [0.29, 0.717) is 0 Å². The van der Waals surface area contributed by atoms with E-state index in [0.717, 1.165) is 0 Å². The molecule has 0 aliphatic heterocycles. The van der Waals surface area contributed by atoms with Crippen LogP contribution in [0.4, 0.5) is 0 Å². The Kier molecular flexibility index (Phi) is 4.26. The second-order valence-corrected chi connectivity index (χ2v) is 10.8. The molecule has 0 saturated heterocycles. The van der Waals surface area contributed by atoms with Gasteiger partial charge in [-0.2, -0.15) is 0 Å². The molecular formula is C16H20HgO2. The molecule has 1 aromatic carbocycles. The Morgan fingerprint density at radius 2 is 1.53 bits per heavy atom. The number of rotatable bonds is 2. The van der Waals surface area contributed by atoms with Crippen LogP contribution in [0.3, 0.4) is 0 Å². The second-order valence-electron chi connectivity index (χ2n) is 5.82. The van der Waals surface area contributed by atoms with Crippen LogP contribution >= 0.6 is 0 Å². The van der Waals surface area contributed by atoms with Gasteiger partial charge in [-0.3, -0.25) is 0 Å². The van der Waals surface area contributed by atoms with Crippen molar-refractivity contribution in [3.63, 3.8) is 0 Å². The molecule has 19 heavy (non-hydrogen) atoms. The molecule has 0 saturated carbocycles. The van der Waals surface area contributed by atoms with Crippen molar-refractivity contribution < 1.29 is 32.5 Å². The standard InChI is InChI=1S/C14H17.C2H4O2.Hg/c1-2-6-12-10-14-8-4-3-7-13(14)9-11(12)5-1;1-2(3)4;/h9H,1-8H2;1H3,(H,3,4);/q;;+1/p-1. The summed E-state index contributed by atoms with van der Waals surface area (Å²) in [5, 5.41) is 0. The van der Waals surface area contributed by atoms with Crippen LogP contribution in [-0.4, -0.2) is 5.97 Å². The molecule has 0 aromatic heterocycles. The Labute approximate surface area is 128 Å². The van der Waals surface area contributed by atoms with Crippen LogP contribution in [0, 0.1) is 0 Å². The molecule has 1 aromatic rings. The summed E-state index contributed by atoms with van der Waals surface area (Å²) in [6.45, 7) is 1.56. The molecule has 3 rings (SSSR count). The third-order valence-electron chi connectivity index (χ3n) is 4.52. The van der Waals surface area contributed by atoms with Crippen LogP contribution in [0.25, 0.3) is 0 Å². The summed E-state index contributed by atoms with van der Waals surface area (Å²) in [5.74, 6) is -0.0698. The number of benzene rings is 1. The van der Waals surface area contributed by atoms with Gasteiger partial charge < -0.3 is 0 Å². The van der Waals surface area contributed by atoms with Crippen molar-refractivity contribution in [2.75, 3.05) is 0 Å². The number of hydrogen-bond donors (Lipinski definition) is 0. The molecular weight excluding hydrogens is 425 g/mol. The zero-order valence-corrected chi connectivity index (χ0v) is 17.3. The molecule has 0 atom stereocenters. The summed E-state index contributed by atoms with van der Waals surface area (Å²) in [6, 6.07) is 2.48. The molecule has 3 heteroatoms. The van der Waals surface area contributed by atoms with Crippen molar-refractivity contribution in [3.05, 3.63) is 28.3 Å². The maximum atomic E-state index is 11.2. The van der Waals surface area contributed by atoms with Crippen LogP contribution in [-0.2, 0) is 58.2 Å². The van der Waals surface area contributed by atoms with E-state index in [2.05, 4.69) is 6.07 Å². The van der Waals surface area contributed by atoms with E-state index in [-0.39, 0.29) is 5.97 Å². The molecule has 0 heterocycles. The van der Waals surface area contributed by atoms with Crippen molar-refractivity contribution >= 4 is 9.04 Å². The van der Waals surface area contributed by atoms with Gasteiger partial charge in [-0.25, -0.2) is 0 Å². The Morgan fingerprint density at radius 1 is 1.00 bits per heavy atom. The number of aryl methyl sites for hydroxylation is 2. The quantitative estimate of drug-likeness (QED) is 0.655. The Hall–Kier alpha value is -0.375. The number of carbonyl (C=O) groups excluding carboxylic acids is 1. The minimum atomic E-state index is -1.70. The van der Waals surface area contributed by atoms with E-state index in [9.17, 15) is 4.79 Å². The summed E-state index contributed by atoms with van der Waals surface area (Å²) >= 11 is -1.70. The van der Waals surface area contributed by atoms with Gasteiger partial charge in [0.05, 0.1) is 0 Å². The number of carbonyl (C=O) groups is 1. The molecule has 0 bridgehead atoms. The van der Waals surface area contributed by atoms with E-state index in [1.165, 1.54) is 51.4 Å². The van der Waals surface area contributed by atoms with Crippen LogP contribution in [0.2, 0.25) is 0 Å². The van der Waals surface area contributed by atoms with Gasteiger partial charge in [-0.05, 0) is 0 Å². The van der Waals surface area contributed by atoms with Crippen molar-refractivity contribution in [2.45, 2.75) is 58.3 Å². The third-order valence-corrected chi connectivity index (χ3v) is 11.1. The molecule has 98 valence electrons. The molecule has 2 nitrogen and oxygen atoms in total. The van der Waals surface area contributed by atoms with Crippen molar-refractivity contribution in [1.82, 2.24) is 0 Å². The van der Waals surface area contributed by atoms with E-state index in [1.54, 1.807) is 32.2 Å². The first-order valence-electron chi connectivity index (χ1n) is 7.54. The van der Waals surface area contributed by atoms with Crippen molar-refractivity contribution in [1.29, 1.82) is 0 Å². The fourth-order valence-corrected chi connectivity index (χ4v) is 9.45. The van der Waals surface area contributed by atoms with E-state index >= 15 is 0 Å². The average Bonchev–Trinajstić information content (AvgIpc) is 2.43. The van der Waals surface area contributed by atoms with Crippen LogP contribution in [0.15, 0.2) is 6.07 Å². The summed E-state index contributed by atoms with van der Waals surface area (Å²) < 4.78 is 7.11. The number of fused-ring (bicyclic) bond motifs is 2. The fraction of sp³-hybridized carbons (Fsp3) is 0.562. The Morgan fingerprint density at radius 3 is 2.05 bits per heavy atom. The molecule has 0 fully saturated rings. The monoisotopic (exact) mass is 446 g/mol. The fourth-order valence-electron chi connectivity index (χ4n) is 3.61. The first-order valence-corrected chi connectivity index (χ1v) is 12.5. The van der Waals surface area contributed by atoms with Crippen LogP contribution in [0.5, 0.6) is 0 Å². The molecule has 0 N–H and O–H groups in total. The maximum absolute atomic E-state index is 11.2. The summed E-state index contributed by atoms with van der Waals surface area (Å²) in [5.41, 5.74) is 6.34.